The molecule has 0 bridgehead atoms. The molecule has 12 aromatic rings. The third-order valence-corrected chi connectivity index (χ3v) is 18.2. The third-order valence-electron chi connectivity index (χ3n) is 18.2. The number of rotatable bonds is 7. The van der Waals surface area contributed by atoms with Crippen LogP contribution in [0.15, 0.2) is 224 Å². The maximum absolute atomic E-state index is 10.5. The highest BCUT2D eigenvalue weighted by Crippen LogP contribution is 2.49. The first-order valence-corrected chi connectivity index (χ1v) is 31.0. The van der Waals surface area contributed by atoms with Crippen LogP contribution < -0.4 is 26.2 Å². The van der Waals surface area contributed by atoms with E-state index in [0.29, 0.717) is 11.4 Å². The summed E-state index contributed by atoms with van der Waals surface area (Å²) < 4.78 is 2.36. The van der Waals surface area contributed by atoms with E-state index in [2.05, 4.69) is 279 Å². The molecule has 7 heteroatoms. The smallest absolute Gasteiger partial charge is 0.252 e. The van der Waals surface area contributed by atoms with Crippen molar-refractivity contribution in [3.8, 4) is 56.8 Å². The minimum Gasteiger partial charge on any atom is -0.311 e. The summed E-state index contributed by atoms with van der Waals surface area (Å²) in [4.78, 5) is 15.7. The van der Waals surface area contributed by atoms with Crippen LogP contribution in [0.4, 0.5) is 34.1 Å². The van der Waals surface area contributed by atoms with Gasteiger partial charge in [0.2, 0.25) is 0 Å². The predicted molar refractivity (Wildman–Crippen MR) is 372 cm³/mol. The van der Waals surface area contributed by atoms with Crippen molar-refractivity contribution in [3.63, 3.8) is 0 Å². The van der Waals surface area contributed by atoms with Crippen molar-refractivity contribution < 1.29 is 0 Å². The van der Waals surface area contributed by atoms with Gasteiger partial charge in [0, 0.05) is 61.6 Å². The summed E-state index contributed by atoms with van der Waals surface area (Å²) >= 11 is 0. The summed E-state index contributed by atoms with van der Waals surface area (Å²) in [6.45, 7) is 28.0. The van der Waals surface area contributed by atoms with E-state index in [1.165, 1.54) is 61.4 Å². The van der Waals surface area contributed by atoms with Crippen LogP contribution in [0.3, 0.4) is 0 Å². The first-order chi connectivity index (χ1) is 42.1. The summed E-state index contributed by atoms with van der Waals surface area (Å²) in [5.41, 5.74) is 25.8. The zero-order valence-electron chi connectivity index (χ0n) is 52.6. The Balaban J connectivity index is 1.04. The number of fused-ring (bicyclic) bond motifs is 7. The molecule has 0 aliphatic carbocycles. The Kier molecular flexibility index (Phi) is 13.2. The summed E-state index contributed by atoms with van der Waals surface area (Å²) in [6.07, 6.45) is 0. The van der Waals surface area contributed by atoms with E-state index in [1.54, 1.807) is 0 Å². The van der Waals surface area contributed by atoms with E-state index in [1.807, 2.05) is 48.5 Å². The number of nitriles is 1. The van der Waals surface area contributed by atoms with E-state index in [4.69, 9.17) is 9.97 Å². The average molecular weight is 1140 g/mol. The first kappa shape index (κ1) is 56.1. The minimum absolute atomic E-state index is 0.0378. The summed E-state index contributed by atoms with van der Waals surface area (Å²) in [7, 11) is 0. The topological polar surface area (TPSA) is 61.0 Å². The van der Waals surface area contributed by atoms with E-state index in [0.717, 1.165) is 78.1 Å². The maximum atomic E-state index is 10.5. The molecule has 0 saturated carbocycles. The van der Waals surface area contributed by atoms with Gasteiger partial charge in [-0.15, -0.1) is 0 Å². The number of hydrogen-bond donors (Lipinski definition) is 0. The van der Waals surface area contributed by atoms with Gasteiger partial charge in [-0.25, -0.2) is 9.97 Å². The van der Waals surface area contributed by atoms with Gasteiger partial charge in [0.1, 0.15) is 0 Å². The largest absolute Gasteiger partial charge is 0.311 e. The number of nitrogens with zero attached hydrogens (tertiary/aromatic N) is 6. The second kappa shape index (κ2) is 20.7. The number of benzene rings is 10. The van der Waals surface area contributed by atoms with E-state index < -0.39 is 0 Å². The van der Waals surface area contributed by atoms with Crippen molar-refractivity contribution in [3.05, 3.63) is 252 Å². The summed E-state index contributed by atoms with van der Waals surface area (Å²) in [6, 6.07) is 84.6. The normalized spacial score (nSPS) is 13.1. The molecule has 0 radical (unpaired) electrons. The molecule has 0 amide bonds. The molecule has 2 aliphatic rings. The van der Waals surface area contributed by atoms with Crippen molar-refractivity contribution in [2.24, 2.45) is 0 Å². The lowest BCUT2D eigenvalue weighted by molar-refractivity contribution is 0.568. The fraction of sp³-hybridized carbons (Fsp3) is 0.198. The molecule has 14 rings (SSSR count). The SMILES string of the molecule is CC(C)(C)c1cc(N2c3ccccc3B3c4ccccc4N(c4cc(C(C)(C)C)cc(C(C)(C)C)c4)c4cc(-c5ccc6c(c5)c5ccccc5n6-c5ccc(C#N)cc5-c5cc(-c6ccccc6)nc(-c6ccccc6)n5)cc2c43)cc(C(C)(C)C)c1. The number of aromatic nitrogens is 3. The summed E-state index contributed by atoms with van der Waals surface area (Å²) in [5, 5.41) is 12.8. The lowest BCUT2D eigenvalue weighted by atomic mass is 9.33. The molecule has 0 fully saturated rings. The van der Waals surface area contributed by atoms with Crippen molar-refractivity contribution in [2.45, 2.75) is 105 Å². The first-order valence-electron chi connectivity index (χ1n) is 31.0. The Hall–Kier alpha value is -9.77. The lowest BCUT2D eigenvalue weighted by Crippen LogP contribution is -2.61. The molecule has 0 atom stereocenters. The molecule has 0 saturated heterocycles. The van der Waals surface area contributed by atoms with Crippen LogP contribution in [0.1, 0.15) is 111 Å². The summed E-state index contributed by atoms with van der Waals surface area (Å²) in [5.74, 6) is 0.615. The van der Waals surface area contributed by atoms with Crippen LogP contribution in [0.25, 0.3) is 72.5 Å². The quantitative estimate of drug-likeness (QED) is 0.149. The van der Waals surface area contributed by atoms with E-state index in [9.17, 15) is 5.26 Å². The Labute approximate surface area is 519 Å². The van der Waals surface area contributed by atoms with Crippen LogP contribution >= 0.6 is 0 Å². The average Bonchev–Trinajstić information content (AvgIpc) is 0.782. The van der Waals surface area contributed by atoms with Crippen LogP contribution in [0.5, 0.6) is 0 Å². The predicted octanol–water partition coefficient (Wildman–Crippen LogP) is 19.4. The second-order valence-electron chi connectivity index (χ2n) is 28.3. The van der Waals surface area contributed by atoms with Gasteiger partial charge < -0.3 is 14.4 Å². The van der Waals surface area contributed by atoms with Gasteiger partial charge in [-0.1, -0.05) is 217 Å². The van der Waals surface area contributed by atoms with Gasteiger partial charge in [0.15, 0.2) is 5.82 Å². The lowest BCUT2D eigenvalue weighted by Gasteiger charge is -2.45. The Bertz CT molecular complexity index is 4540. The molecular formula is C81H73BN6. The Morgan fingerprint density at radius 1 is 0.364 bits per heavy atom. The van der Waals surface area contributed by atoms with Crippen LogP contribution in [0, 0.1) is 11.3 Å². The molecule has 2 aromatic heterocycles. The van der Waals surface area contributed by atoms with Gasteiger partial charge >= 0.3 is 0 Å². The van der Waals surface area contributed by atoms with Gasteiger partial charge in [-0.05, 0) is 162 Å². The molecule has 0 unspecified atom stereocenters. The standard InChI is InChI=1S/C81H73BN6/c1-78(2,3)56-43-57(79(4,5)6)46-60(45-56)86-72-33-23-20-30-65(72)82-66-31-21-24-34-73(66)87(61-47-58(80(7,8)9)44-59(48-61)81(10,11)12)75-42-55(41-74(86)76(75)82)54-36-38-70-63(40-54)62-29-19-22-32-69(62)88(70)71-37-35-51(50-83)39-64(71)68-49-67(52-25-15-13-16-26-52)84-77(85-68)53-27-17-14-18-28-53/h13-49H,1-12H3. The van der Waals surface area contributed by atoms with Crippen LogP contribution in [-0.4, -0.2) is 21.2 Å². The zero-order valence-corrected chi connectivity index (χ0v) is 52.6. The van der Waals surface area contributed by atoms with Crippen molar-refractivity contribution in [2.75, 3.05) is 9.80 Å². The van der Waals surface area contributed by atoms with Crippen molar-refractivity contribution in [1.29, 1.82) is 5.26 Å². The van der Waals surface area contributed by atoms with Gasteiger partial charge in [0.25, 0.3) is 6.71 Å². The molecule has 10 aromatic carbocycles. The Morgan fingerprint density at radius 3 is 1.38 bits per heavy atom. The van der Waals surface area contributed by atoms with E-state index >= 15 is 0 Å². The molecule has 0 N–H and O–H groups in total. The minimum atomic E-state index is -0.105. The van der Waals surface area contributed by atoms with Crippen molar-refractivity contribution >= 4 is 79.0 Å². The van der Waals surface area contributed by atoms with Gasteiger partial charge in [-0.2, -0.15) is 5.26 Å². The van der Waals surface area contributed by atoms with E-state index in [-0.39, 0.29) is 28.4 Å². The zero-order chi connectivity index (χ0) is 61.2. The Morgan fingerprint density at radius 2 is 0.841 bits per heavy atom. The highest BCUT2D eigenvalue weighted by molar-refractivity contribution is 7.00. The van der Waals surface area contributed by atoms with Gasteiger partial charge in [0.05, 0.1) is 39.7 Å². The molecular weight excluding hydrogens is 1070 g/mol. The van der Waals surface area contributed by atoms with Crippen LogP contribution in [0.2, 0.25) is 0 Å². The fourth-order valence-corrected chi connectivity index (χ4v) is 13.3. The third kappa shape index (κ3) is 9.67. The number of hydrogen-bond acceptors (Lipinski definition) is 5. The molecule has 6 nitrogen and oxygen atoms in total. The highest BCUT2D eigenvalue weighted by Gasteiger charge is 2.44. The monoisotopic (exact) mass is 1140 g/mol. The van der Waals surface area contributed by atoms with Crippen molar-refractivity contribution in [1.82, 2.24) is 14.5 Å². The highest BCUT2D eigenvalue weighted by atomic mass is 15.2. The fourth-order valence-electron chi connectivity index (χ4n) is 13.3. The second-order valence-corrected chi connectivity index (χ2v) is 28.3. The number of para-hydroxylation sites is 3. The molecule has 2 aliphatic heterocycles. The molecule has 0 spiro atoms. The van der Waals surface area contributed by atoms with Gasteiger partial charge in [-0.3, -0.25) is 0 Å². The van der Waals surface area contributed by atoms with Crippen LogP contribution in [-0.2, 0) is 21.7 Å². The number of anilines is 6. The molecule has 88 heavy (non-hydrogen) atoms. The molecule has 430 valence electrons. The molecule has 4 heterocycles. The maximum Gasteiger partial charge on any atom is 0.252 e.